The number of aliphatic carboxylic acids is 1. The lowest BCUT2D eigenvalue weighted by atomic mass is 9.91. The van der Waals surface area contributed by atoms with Crippen molar-refractivity contribution in [1.82, 2.24) is 5.32 Å². The lowest BCUT2D eigenvalue weighted by Crippen LogP contribution is -2.44. The second-order valence-electron chi connectivity index (χ2n) is 5.88. The third-order valence-corrected chi connectivity index (χ3v) is 4.04. The molecule has 0 aliphatic heterocycles. The Labute approximate surface area is 142 Å². The summed E-state index contributed by atoms with van der Waals surface area (Å²) in [4.78, 5) is 23.8. The Morgan fingerprint density at radius 2 is 1.38 bits per heavy atom. The number of carbonyl (C=O) groups is 2. The summed E-state index contributed by atoms with van der Waals surface area (Å²) in [6.07, 6.45) is 1.53. The molecule has 0 spiro atoms. The Hall–Kier alpha value is -2.62. The largest absolute Gasteiger partial charge is 0.480 e. The molecule has 0 aromatic heterocycles. The van der Waals surface area contributed by atoms with Gasteiger partial charge < -0.3 is 10.4 Å². The normalized spacial score (nSPS) is 11.9. The summed E-state index contributed by atoms with van der Waals surface area (Å²) in [5, 5.41) is 11.8. The standard InChI is InChI=1S/C20H23NO3/c1-2-18(20(23)24)21-19(22)17(13-15-9-5-3-6-10-15)14-16-11-7-4-8-12-16/h3-12,17-18H,2,13-14H2,1H3,(H,21,22)(H,23,24). The number of hydrogen-bond donors (Lipinski definition) is 2. The number of nitrogens with one attached hydrogen (secondary N) is 1. The van der Waals surface area contributed by atoms with Crippen molar-refractivity contribution in [3.8, 4) is 0 Å². The Kier molecular flexibility index (Phi) is 6.55. The fourth-order valence-corrected chi connectivity index (χ4v) is 2.68. The van der Waals surface area contributed by atoms with Crippen LogP contribution < -0.4 is 5.32 Å². The number of carboxylic acids is 1. The second kappa shape index (κ2) is 8.87. The Morgan fingerprint density at radius 1 is 0.917 bits per heavy atom. The van der Waals surface area contributed by atoms with Gasteiger partial charge in [0.05, 0.1) is 0 Å². The Morgan fingerprint density at radius 3 is 1.75 bits per heavy atom. The topological polar surface area (TPSA) is 66.4 Å². The van der Waals surface area contributed by atoms with E-state index >= 15 is 0 Å². The van der Waals surface area contributed by atoms with Gasteiger partial charge in [-0.3, -0.25) is 4.79 Å². The predicted molar refractivity (Wildman–Crippen MR) is 93.6 cm³/mol. The molecule has 4 nitrogen and oxygen atoms in total. The number of hydrogen-bond acceptors (Lipinski definition) is 2. The molecule has 1 atom stereocenters. The molecule has 0 radical (unpaired) electrons. The van der Waals surface area contributed by atoms with E-state index in [1.165, 1.54) is 0 Å². The fraction of sp³-hybridized carbons (Fsp3) is 0.300. The fourth-order valence-electron chi connectivity index (χ4n) is 2.68. The molecule has 0 aliphatic carbocycles. The van der Waals surface area contributed by atoms with Crippen LogP contribution in [0, 0.1) is 5.92 Å². The minimum Gasteiger partial charge on any atom is -0.480 e. The number of benzene rings is 2. The zero-order chi connectivity index (χ0) is 17.4. The van der Waals surface area contributed by atoms with E-state index in [0.29, 0.717) is 19.3 Å². The number of carbonyl (C=O) groups excluding carboxylic acids is 1. The highest BCUT2D eigenvalue weighted by atomic mass is 16.4. The highest BCUT2D eigenvalue weighted by molar-refractivity contribution is 5.85. The number of rotatable bonds is 8. The smallest absolute Gasteiger partial charge is 0.326 e. The van der Waals surface area contributed by atoms with Crippen LogP contribution in [0.1, 0.15) is 24.5 Å². The van der Waals surface area contributed by atoms with Crippen molar-refractivity contribution in [3.63, 3.8) is 0 Å². The lowest BCUT2D eigenvalue weighted by Gasteiger charge is -2.20. The first-order valence-corrected chi connectivity index (χ1v) is 8.21. The maximum Gasteiger partial charge on any atom is 0.326 e. The summed E-state index contributed by atoms with van der Waals surface area (Å²) in [5.41, 5.74) is 2.13. The lowest BCUT2D eigenvalue weighted by molar-refractivity contribution is -0.142. The van der Waals surface area contributed by atoms with Gasteiger partial charge in [-0.05, 0) is 30.4 Å². The molecule has 0 bridgehead atoms. The van der Waals surface area contributed by atoms with Crippen LogP contribution in [0.3, 0.4) is 0 Å². The van der Waals surface area contributed by atoms with Crippen molar-refractivity contribution in [2.24, 2.45) is 5.92 Å². The van der Waals surface area contributed by atoms with Gasteiger partial charge in [-0.15, -0.1) is 0 Å². The first-order valence-electron chi connectivity index (χ1n) is 8.21. The van der Waals surface area contributed by atoms with Crippen molar-refractivity contribution in [2.75, 3.05) is 0 Å². The number of amides is 1. The van der Waals surface area contributed by atoms with Gasteiger partial charge in [0.15, 0.2) is 0 Å². The van der Waals surface area contributed by atoms with E-state index in [4.69, 9.17) is 5.11 Å². The first kappa shape index (κ1) is 17.7. The molecule has 0 saturated carbocycles. The van der Waals surface area contributed by atoms with Gasteiger partial charge in [0, 0.05) is 5.92 Å². The van der Waals surface area contributed by atoms with Crippen LogP contribution in [0.5, 0.6) is 0 Å². The van der Waals surface area contributed by atoms with E-state index in [2.05, 4.69) is 5.32 Å². The average Bonchev–Trinajstić information content (AvgIpc) is 2.60. The van der Waals surface area contributed by atoms with Crippen LogP contribution in [-0.2, 0) is 22.4 Å². The zero-order valence-electron chi connectivity index (χ0n) is 13.8. The summed E-state index contributed by atoms with van der Waals surface area (Å²) >= 11 is 0. The van der Waals surface area contributed by atoms with E-state index in [-0.39, 0.29) is 11.8 Å². The van der Waals surface area contributed by atoms with E-state index in [9.17, 15) is 9.59 Å². The zero-order valence-corrected chi connectivity index (χ0v) is 13.8. The van der Waals surface area contributed by atoms with Crippen LogP contribution in [-0.4, -0.2) is 23.0 Å². The molecule has 2 aromatic carbocycles. The van der Waals surface area contributed by atoms with Gasteiger partial charge in [0.2, 0.25) is 5.91 Å². The molecule has 2 rings (SSSR count). The highest BCUT2D eigenvalue weighted by Crippen LogP contribution is 2.16. The van der Waals surface area contributed by atoms with Crippen molar-refractivity contribution in [2.45, 2.75) is 32.2 Å². The van der Waals surface area contributed by atoms with Crippen LogP contribution >= 0.6 is 0 Å². The van der Waals surface area contributed by atoms with Gasteiger partial charge in [0.25, 0.3) is 0 Å². The average molecular weight is 325 g/mol. The summed E-state index contributed by atoms with van der Waals surface area (Å²) < 4.78 is 0. The molecule has 2 N–H and O–H groups in total. The molecular formula is C20H23NO3. The molecular weight excluding hydrogens is 302 g/mol. The SMILES string of the molecule is CCC(NC(=O)C(Cc1ccccc1)Cc1ccccc1)C(=O)O. The molecule has 0 heterocycles. The molecule has 1 unspecified atom stereocenters. The van der Waals surface area contributed by atoms with E-state index < -0.39 is 12.0 Å². The predicted octanol–water partition coefficient (Wildman–Crippen LogP) is 3.07. The van der Waals surface area contributed by atoms with Gasteiger partial charge in [-0.1, -0.05) is 67.6 Å². The van der Waals surface area contributed by atoms with E-state index in [0.717, 1.165) is 11.1 Å². The van der Waals surface area contributed by atoms with Crippen LogP contribution in [0.25, 0.3) is 0 Å². The third-order valence-electron chi connectivity index (χ3n) is 4.04. The molecule has 24 heavy (non-hydrogen) atoms. The Balaban J connectivity index is 2.15. The monoisotopic (exact) mass is 325 g/mol. The second-order valence-corrected chi connectivity index (χ2v) is 5.88. The van der Waals surface area contributed by atoms with Crippen molar-refractivity contribution >= 4 is 11.9 Å². The molecule has 4 heteroatoms. The van der Waals surface area contributed by atoms with Gasteiger partial charge in [-0.25, -0.2) is 4.79 Å². The van der Waals surface area contributed by atoms with Gasteiger partial charge in [-0.2, -0.15) is 0 Å². The molecule has 126 valence electrons. The van der Waals surface area contributed by atoms with Crippen LogP contribution in [0.4, 0.5) is 0 Å². The molecule has 0 fully saturated rings. The van der Waals surface area contributed by atoms with Crippen molar-refractivity contribution in [3.05, 3.63) is 71.8 Å². The Bertz CT molecular complexity index is 614. The quantitative estimate of drug-likeness (QED) is 0.784. The van der Waals surface area contributed by atoms with Gasteiger partial charge in [0.1, 0.15) is 6.04 Å². The molecule has 2 aromatic rings. The maximum atomic E-state index is 12.7. The van der Waals surface area contributed by atoms with Crippen molar-refractivity contribution < 1.29 is 14.7 Å². The van der Waals surface area contributed by atoms with Crippen molar-refractivity contribution in [1.29, 1.82) is 0 Å². The minimum absolute atomic E-state index is 0.211. The summed E-state index contributed by atoms with van der Waals surface area (Å²) in [5.74, 6) is -1.51. The number of carboxylic acid groups (broad SMARTS) is 1. The highest BCUT2D eigenvalue weighted by Gasteiger charge is 2.24. The molecule has 1 amide bonds. The maximum absolute atomic E-state index is 12.7. The minimum atomic E-state index is -0.996. The van der Waals surface area contributed by atoms with Gasteiger partial charge >= 0.3 is 5.97 Å². The first-order chi connectivity index (χ1) is 11.6. The van der Waals surface area contributed by atoms with E-state index in [1.54, 1.807) is 6.92 Å². The molecule has 0 saturated heterocycles. The van der Waals surface area contributed by atoms with E-state index in [1.807, 2.05) is 60.7 Å². The van der Waals surface area contributed by atoms with Crippen LogP contribution in [0.2, 0.25) is 0 Å². The van der Waals surface area contributed by atoms with Crippen LogP contribution in [0.15, 0.2) is 60.7 Å². The third kappa shape index (κ3) is 5.23. The summed E-state index contributed by atoms with van der Waals surface area (Å²) in [7, 11) is 0. The molecule has 0 aliphatic rings. The summed E-state index contributed by atoms with van der Waals surface area (Å²) in [6.45, 7) is 1.75. The summed E-state index contributed by atoms with van der Waals surface area (Å²) in [6, 6.07) is 18.8.